The van der Waals surface area contributed by atoms with E-state index >= 15 is 0 Å². The molecule has 0 saturated carbocycles. The van der Waals surface area contributed by atoms with Crippen LogP contribution in [0.4, 0.5) is 10.7 Å². The SMILES string of the molecule is CCS(=O)(=O)c1c(N2CCC(C)(O)C2)sc(C(C)=O)c1N. The molecule has 1 unspecified atom stereocenters. The summed E-state index contributed by atoms with van der Waals surface area (Å²) in [5.41, 5.74) is 5.10. The molecule has 118 valence electrons. The van der Waals surface area contributed by atoms with E-state index in [1.54, 1.807) is 18.7 Å². The van der Waals surface area contributed by atoms with Gasteiger partial charge in [0.15, 0.2) is 15.6 Å². The van der Waals surface area contributed by atoms with Gasteiger partial charge in [-0.3, -0.25) is 4.79 Å². The van der Waals surface area contributed by atoms with E-state index < -0.39 is 15.4 Å². The highest BCUT2D eigenvalue weighted by atomic mass is 32.2. The Morgan fingerprint density at radius 3 is 2.57 bits per heavy atom. The second-order valence-electron chi connectivity index (χ2n) is 5.61. The normalized spacial score (nSPS) is 22.8. The number of anilines is 2. The van der Waals surface area contributed by atoms with Crippen molar-refractivity contribution in [1.29, 1.82) is 0 Å². The van der Waals surface area contributed by atoms with E-state index in [1.807, 2.05) is 0 Å². The van der Waals surface area contributed by atoms with Gasteiger partial charge >= 0.3 is 0 Å². The number of rotatable bonds is 4. The molecule has 1 aromatic heterocycles. The lowest BCUT2D eigenvalue weighted by atomic mass is 10.1. The number of nitrogens with two attached hydrogens (primary N) is 1. The van der Waals surface area contributed by atoms with Gasteiger partial charge in [0.05, 0.1) is 21.9 Å². The number of aliphatic hydroxyl groups is 1. The summed E-state index contributed by atoms with van der Waals surface area (Å²) in [5, 5.41) is 10.5. The topological polar surface area (TPSA) is 101 Å². The molecule has 6 nitrogen and oxygen atoms in total. The lowest BCUT2D eigenvalue weighted by Crippen LogP contribution is -2.29. The van der Waals surface area contributed by atoms with E-state index in [0.29, 0.717) is 24.5 Å². The molecule has 0 spiro atoms. The zero-order chi connectivity index (χ0) is 16.0. The molecule has 21 heavy (non-hydrogen) atoms. The molecule has 0 bridgehead atoms. The van der Waals surface area contributed by atoms with E-state index in [0.717, 1.165) is 11.3 Å². The molecular weight excluding hydrogens is 312 g/mol. The highest BCUT2D eigenvalue weighted by Gasteiger charge is 2.37. The molecule has 2 rings (SSSR count). The third-order valence-electron chi connectivity index (χ3n) is 3.63. The predicted molar refractivity (Wildman–Crippen MR) is 83.9 cm³/mol. The monoisotopic (exact) mass is 332 g/mol. The molecule has 0 aromatic carbocycles. The van der Waals surface area contributed by atoms with Crippen molar-refractivity contribution in [3.8, 4) is 0 Å². The second kappa shape index (κ2) is 5.26. The van der Waals surface area contributed by atoms with Crippen LogP contribution in [-0.4, -0.2) is 43.8 Å². The van der Waals surface area contributed by atoms with Crippen molar-refractivity contribution in [3.63, 3.8) is 0 Å². The molecule has 8 heteroatoms. The van der Waals surface area contributed by atoms with E-state index in [-0.39, 0.29) is 27.0 Å². The van der Waals surface area contributed by atoms with Crippen LogP contribution in [0.2, 0.25) is 0 Å². The minimum Gasteiger partial charge on any atom is -0.396 e. The van der Waals surface area contributed by atoms with E-state index in [4.69, 9.17) is 5.73 Å². The van der Waals surface area contributed by atoms with Crippen LogP contribution < -0.4 is 10.6 Å². The number of hydrogen-bond acceptors (Lipinski definition) is 7. The van der Waals surface area contributed by atoms with Crippen LogP contribution in [0.5, 0.6) is 0 Å². The molecule has 1 atom stereocenters. The lowest BCUT2D eigenvalue weighted by Gasteiger charge is -2.20. The Morgan fingerprint density at radius 1 is 1.52 bits per heavy atom. The van der Waals surface area contributed by atoms with Gasteiger partial charge in [-0.15, -0.1) is 11.3 Å². The Hall–Kier alpha value is -1.12. The summed E-state index contributed by atoms with van der Waals surface area (Å²) in [6.45, 7) is 5.50. The fourth-order valence-electron chi connectivity index (χ4n) is 2.45. The third-order valence-corrected chi connectivity index (χ3v) is 6.92. The molecule has 1 aliphatic heterocycles. The number of nitrogens with zero attached hydrogens (tertiary/aromatic N) is 1. The average molecular weight is 332 g/mol. The summed E-state index contributed by atoms with van der Waals surface area (Å²) in [6, 6.07) is 0. The van der Waals surface area contributed by atoms with E-state index in [9.17, 15) is 18.3 Å². The highest BCUT2D eigenvalue weighted by molar-refractivity contribution is 7.92. The van der Waals surface area contributed by atoms with E-state index in [2.05, 4.69) is 0 Å². The van der Waals surface area contributed by atoms with Gasteiger partial charge in [0.2, 0.25) is 0 Å². The summed E-state index contributed by atoms with van der Waals surface area (Å²) in [4.78, 5) is 13.8. The van der Waals surface area contributed by atoms with Crippen molar-refractivity contribution in [1.82, 2.24) is 0 Å². The first-order valence-electron chi connectivity index (χ1n) is 6.72. The number of carbonyl (C=O) groups excluding carboxylic acids is 1. The van der Waals surface area contributed by atoms with Crippen molar-refractivity contribution in [2.75, 3.05) is 29.5 Å². The minimum atomic E-state index is -3.54. The Morgan fingerprint density at radius 2 is 2.14 bits per heavy atom. The summed E-state index contributed by atoms with van der Waals surface area (Å²) < 4.78 is 24.6. The second-order valence-corrected chi connectivity index (χ2v) is 8.82. The van der Waals surface area contributed by atoms with Crippen LogP contribution >= 0.6 is 11.3 Å². The number of thiophene rings is 1. The van der Waals surface area contributed by atoms with Gasteiger partial charge in [-0.2, -0.15) is 0 Å². The molecular formula is C13H20N2O4S2. The third kappa shape index (κ3) is 2.93. The molecule has 1 saturated heterocycles. The molecule has 1 aromatic rings. The summed E-state index contributed by atoms with van der Waals surface area (Å²) in [7, 11) is -3.54. The van der Waals surface area contributed by atoms with E-state index in [1.165, 1.54) is 6.92 Å². The molecule has 0 aliphatic carbocycles. The molecule has 2 heterocycles. The smallest absolute Gasteiger partial charge is 0.183 e. The van der Waals surface area contributed by atoms with Crippen molar-refractivity contribution in [3.05, 3.63) is 4.88 Å². The maximum atomic E-state index is 12.3. The van der Waals surface area contributed by atoms with Gasteiger partial charge in [0.1, 0.15) is 9.90 Å². The quantitative estimate of drug-likeness (QED) is 0.806. The summed E-state index contributed by atoms with van der Waals surface area (Å²) >= 11 is 1.10. The minimum absolute atomic E-state index is 0.0379. The predicted octanol–water partition coefficient (Wildman–Crippen LogP) is 1.29. The molecule has 1 aliphatic rings. The number of hydrogen-bond donors (Lipinski definition) is 2. The zero-order valence-corrected chi connectivity index (χ0v) is 14.0. The number of nitrogen functional groups attached to an aromatic ring is 1. The van der Waals surface area contributed by atoms with Gasteiger partial charge in [-0.1, -0.05) is 6.92 Å². The van der Waals surface area contributed by atoms with Gasteiger partial charge in [-0.25, -0.2) is 8.42 Å². The fraction of sp³-hybridized carbons (Fsp3) is 0.615. The van der Waals surface area contributed by atoms with Gasteiger partial charge < -0.3 is 15.7 Å². The largest absolute Gasteiger partial charge is 0.396 e. The maximum absolute atomic E-state index is 12.3. The molecule has 3 N–H and O–H groups in total. The van der Waals surface area contributed by atoms with Crippen LogP contribution in [0.15, 0.2) is 4.90 Å². The Labute approximate surface area is 128 Å². The lowest BCUT2D eigenvalue weighted by molar-refractivity contribution is 0.0839. The van der Waals surface area contributed by atoms with Crippen molar-refractivity contribution in [2.45, 2.75) is 37.7 Å². The Bertz CT molecular complexity index is 677. The summed E-state index contributed by atoms with van der Waals surface area (Å²) in [6.07, 6.45) is 0.547. The zero-order valence-electron chi connectivity index (χ0n) is 12.3. The molecule has 0 radical (unpaired) electrons. The molecule has 0 amide bonds. The van der Waals surface area contributed by atoms with Crippen LogP contribution in [0.25, 0.3) is 0 Å². The Kier molecular flexibility index (Phi) is 4.07. The van der Waals surface area contributed by atoms with Crippen LogP contribution in [-0.2, 0) is 9.84 Å². The maximum Gasteiger partial charge on any atom is 0.183 e. The first-order chi connectivity index (χ1) is 9.59. The number of ketones is 1. The Balaban J connectivity index is 2.60. The van der Waals surface area contributed by atoms with Gasteiger partial charge in [0.25, 0.3) is 0 Å². The molecule has 1 fully saturated rings. The number of carbonyl (C=O) groups is 1. The summed E-state index contributed by atoms with van der Waals surface area (Å²) in [5.74, 6) is -0.329. The number of β-amino-alcohol motifs (C(OH)–C–C–N with tert-alkyl or cyclic N) is 1. The fourth-order valence-corrected chi connectivity index (χ4v) is 5.18. The first kappa shape index (κ1) is 16.3. The standard InChI is InChI=1S/C13H20N2O4S2/c1-4-21(18,19)11-9(14)10(8(2)16)20-12(11)15-6-5-13(3,17)7-15/h17H,4-7,14H2,1-3H3. The van der Waals surface area contributed by atoms with Crippen LogP contribution in [0.1, 0.15) is 36.9 Å². The van der Waals surface area contributed by atoms with Crippen molar-refractivity contribution in [2.24, 2.45) is 0 Å². The van der Waals surface area contributed by atoms with Crippen LogP contribution in [0.3, 0.4) is 0 Å². The highest BCUT2D eigenvalue weighted by Crippen LogP contribution is 2.44. The number of Topliss-reactive ketones (excluding diaryl/α,β-unsaturated/α-hetero) is 1. The van der Waals surface area contributed by atoms with Crippen LogP contribution in [0, 0.1) is 0 Å². The average Bonchev–Trinajstić information content (AvgIpc) is 2.89. The van der Waals surface area contributed by atoms with Gasteiger partial charge in [-0.05, 0) is 13.3 Å². The van der Waals surface area contributed by atoms with Crippen molar-refractivity contribution < 1.29 is 18.3 Å². The van der Waals surface area contributed by atoms with Crippen molar-refractivity contribution >= 4 is 37.6 Å². The first-order valence-corrected chi connectivity index (χ1v) is 9.19. The van der Waals surface area contributed by atoms with Gasteiger partial charge in [0, 0.05) is 20.0 Å². The number of sulfone groups is 1.